The van der Waals surface area contributed by atoms with Crippen LogP contribution < -0.4 is 10.6 Å². The molecule has 0 aliphatic carbocycles. The summed E-state index contributed by atoms with van der Waals surface area (Å²) in [5.74, 6) is 1.50. The molecule has 0 unspecified atom stereocenters. The first-order valence-corrected chi connectivity index (χ1v) is 10.7. The number of amides is 1. The van der Waals surface area contributed by atoms with Gasteiger partial charge < -0.3 is 15.5 Å². The summed E-state index contributed by atoms with van der Waals surface area (Å²) in [4.78, 5) is 19.2. The summed E-state index contributed by atoms with van der Waals surface area (Å²) in [6.07, 6.45) is 0.966. The lowest BCUT2D eigenvalue weighted by atomic mass is 10.1. The van der Waals surface area contributed by atoms with Crippen LogP contribution in [0.3, 0.4) is 0 Å². The minimum absolute atomic E-state index is 0.00596. The highest BCUT2D eigenvalue weighted by atomic mass is 32.2. The maximum absolute atomic E-state index is 12.9. The van der Waals surface area contributed by atoms with E-state index in [4.69, 9.17) is 0 Å². The van der Waals surface area contributed by atoms with E-state index in [9.17, 15) is 9.18 Å². The van der Waals surface area contributed by atoms with Gasteiger partial charge in [-0.25, -0.2) is 9.38 Å². The molecule has 0 aliphatic rings. The smallest absolute Gasteiger partial charge is 0.253 e. The molecule has 0 aliphatic heterocycles. The normalized spacial score (nSPS) is 11.2. The van der Waals surface area contributed by atoms with Gasteiger partial charge >= 0.3 is 0 Å². The fourth-order valence-electron chi connectivity index (χ4n) is 2.52. The van der Waals surface area contributed by atoms with Gasteiger partial charge in [0.05, 0.1) is 6.54 Å². The van der Waals surface area contributed by atoms with Gasteiger partial charge in [0.25, 0.3) is 5.91 Å². The number of halogens is 1. The van der Waals surface area contributed by atoms with Crippen molar-refractivity contribution in [3.63, 3.8) is 0 Å². The van der Waals surface area contributed by atoms with Gasteiger partial charge in [0.2, 0.25) is 0 Å². The highest BCUT2D eigenvalue weighted by Gasteiger charge is 2.07. The Labute approximate surface area is 176 Å². The van der Waals surface area contributed by atoms with E-state index in [0.717, 1.165) is 41.7 Å². The van der Waals surface area contributed by atoms with Crippen LogP contribution in [0.15, 0.2) is 58.4 Å². The number of aliphatic imine (C=N–C) groups is 1. The van der Waals surface area contributed by atoms with Crippen LogP contribution >= 0.6 is 11.8 Å². The zero-order valence-electron chi connectivity index (χ0n) is 17.2. The molecule has 0 aromatic heterocycles. The Morgan fingerprint density at radius 1 is 1.07 bits per heavy atom. The van der Waals surface area contributed by atoms with Gasteiger partial charge in [0, 0.05) is 37.6 Å². The summed E-state index contributed by atoms with van der Waals surface area (Å²) in [5.41, 5.74) is 1.72. The van der Waals surface area contributed by atoms with Crippen LogP contribution in [0, 0.1) is 5.82 Å². The fourth-order valence-corrected chi connectivity index (χ4v) is 3.38. The average molecular weight is 417 g/mol. The van der Waals surface area contributed by atoms with Crippen molar-refractivity contribution in [1.82, 2.24) is 15.5 Å². The van der Waals surface area contributed by atoms with E-state index in [0.29, 0.717) is 12.1 Å². The molecule has 2 aromatic carbocycles. The minimum Gasteiger partial charge on any atom is -0.357 e. The molecule has 2 N–H and O–H groups in total. The number of carbonyl (C=O) groups is 1. The van der Waals surface area contributed by atoms with Crippen molar-refractivity contribution in [2.45, 2.75) is 24.8 Å². The largest absolute Gasteiger partial charge is 0.357 e. The van der Waals surface area contributed by atoms with Crippen LogP contribution in [0.25, 0.3) is 0 Å². The SMILES string of the molecule is CCNC(=NCc1ccc(C(=O)N(C)C)cc1)NCCCSc1ccc(F)cc1. The Morgan fingerprint density at radius 2 is 1.76 bits per heavy atom. The Bertz CT molecular complexity index is 791. The molecular formula is C22H29FN4OS. The summed E-state index contributed by atoms with van der Waals surface area (Å²) in [6, 6.07) is 14.1. The van der Waals surface area contributed by atoms with E-state index in [1.54, 1.807) is 42.9 Å². The van der Waals surface area contributed by atoms with Crippen LogP contribution in [-0.2, 0) is 6.54 Å². The highest BCUT2D eigenvalue weighted by molar-refractivity contribution is 7.99. The highest BCUT2D eigenvalue weighted by Crippen LogP contribution is 2.18. The first kappa shape index (κ1) is 22.7. The number of carbonyl (C=O) groups excluding carboxylic acids is 1. The third kappa shape index (κ3) is 8.15. The minimum atomic E-state index is -0.207. The van der Waals surface area contributed by atoms with Crippen LogP contribution in [0.4, 0.5) is 4.39 Å². The van der Waals surface area contributed by atoms with Gasteiger partial charge in [-0.1, -0.05) is 12.1 Å². The number of benzene rings is 2. The molecule has 2 rings (SSSR count). The van der Waals surface area contributed by atoms with Crippen molar-refractivity contribution in [2.24, 2.45) is 4.99 Å². The van der Waals surface area contributed by atoms with Crippen molar-refractivity contribution in [3.8, 4) is 0 Å². The zero-order valence-corrected chi connectivity index (χ0v) is 18.1. The maximum Gasteiger partial charge on any atom is 0.253 e. The summed E-state index contributed by atoms with van der Waals surface area (Å²) in [5, 5.41) is 6.58. The molecule has 2 aromatic rings. The number of guanidine groups is 1. The fraction of sp³-hybridized carbons (Fsp3) is 0.364. The average Bonchev–Trinajstić information content (AvgIpc) is 2.72. The van der Waals surface area contributed by atoms with Crippen molar-refractivity contribution >= 4 is 23.6 Å². The molecule has 0 radical (unpaired) electrons. The Balaban J connectivity index is 1.78. The second kappa shape index (κ2) is 12.1. The molecule has 5 nitrogen and oxygen atoms in total. The predicted octanol–water partition coefficient (Wildman–Crippen LogP) is 3.77. The van der Waals surface area contributed by atoms with Crippen molar-refractivity contribution in [1.29, 1.82) is 0 Å². The second-order valence-corrected chi connectivity index (χ2v) is 7.84. The number of nitrogens with zero attached hydrogens (tertiary/aromatic N) is 2. The Hall–Kier alpha value is -2.54. The molecule has 0 saturated carbocycles. The number of rotatable bonds is 9. The quantitative estimate of drug-likeness (QED) is 0.283. The first-order chi connectivity index (χ1) is 14.0. The number of nitrogens with one attached hydrogen (secondary N) is 2. The van der Waals surface area contributed by atoms with Crippen LogP contribution in [-0.4, -0.2) is 49.7 Å². The number of hydrogen-bond donors (Lipinski definition) is 2. The Morgan fingerprint density at radius 3 is 2.38 bits per heavy atom. The molecule has 1 amide bonds. The lowest BCUT2D eigenvalue weighted by Crippen LogP contribution is -2.37. The van der Waals surface area contributed by atoms with E-state index in [1.807, 2.05) is 31.2 Å². The molecule has 0 spiro atoms. The Kier molecular flexibility index (Phi) is 9.50. The maximum atomic E-state index is 12.9. The van der Waals surface area contributed by atoms with Crippen molar-refractivity contribution in [3.05, 3.63) is 65.5 Å². The van der Waals surface area contributed by atoms with Gasteiger partial charge in [-0.15, -0.1) is 11.8 Å². The molecule has 0 heterocycles. The zero-order chi connectivity index (χ0) is 21.1. The molecule has 0 fully saturated rings. The van der Waals surface area contributed by atoms with Gasteiger partial charge in [0.1, 0.15) is 5.82 Å². The number of thioether (sulfide) groups is 1. The molecular weight excluding hydrogens is 387 g/mol. The lowest BCUT2D eigenvalue weighted by Gasteiger charge is -2.12. The monoisotopic (exact) mass is 416 g/mol. The molecule has 0 saturated heterocycles. The van der Waals surface area contributed by atoms with Gasteiger partial charge in [-0.05, 0) is 61.1 Å². The summed E-state index contributed by atoms with van der Waals surface area (Å²) in [7, 11) is 3.49. The molecule has 156 valence electrons. The summed E-state index contributed by atoms with van der Waals surface area (Å²) in [6.45, 7) is 4.15. The van der Waals surface area contributed by atoms with Crippen LogP contribution in [0.1, 0.15) is 29.3 Å². The first-order valence-electron chi connectivity index (χ1n) is 9.70. The molecule has 0 bridgehead atoms. The summed E-state index contributed by atoms with van der Waals surface area (Å²) >= 11 is 1.71. The van der Waals surface area contributed by atoms with E-state index in [1.165, 1.54) is 12.1 Å². The standard InChI is InChI=1S/C22H29FN4OS/c1-4-24-22(25-14-5-15-29-20-12-10-19(23)11-13-20)26-16-17-6-8-18(9-7-17)21(28)27(2)3/h6-13H,4-5,14-16H2,1-3H3,(H2,24,25,26). The van der Waals surface area contributed by atoms with E-state index in [-0.39, 0.29) is 11.7 Å². The van der Waals surface area contributed by atoms with Gasteiger partial charge in [-0.3, -0.25) is 4.79 Å². The second-order valence-electron chi connectivity index (χ2n) is 6.67. The van der Waals surface area contributed by atoms with Crippen molar-refractivity contribution in [2.75, 3.05) is 32.9 Å². The molecule has 7 heteroatoms. The third-order valence-electron chi connectivity index (χ3n) is 4.07. The van der Waals surface area contributed by atoms with Gasteiger partial charge in [-0.2, -0.15) is 0 Å². The summed E-state index contributed by atoms with van der Waals surface area (Å²) < 4.78 is 12.9. The van der Waals surface area contributed by atoms with Crippen LogP contribution in [0.5, 0.6) is 0 Å². The topological polar surface area (TPSA) is 56.7 Å². The molecule has 0 atom stereocenters. The van der Waals surface area contributed by atoms with E-state index < -0.39 is 0 Å². The molecule has 29 heavy (non-hydrogen) atoms. The van der Waals surface area contributed by atoms with Crippen molar-refractivity contribution < 1.29 is 9.18 Å². The van der Waals surface area contributed by atoms with E-state index in [2.05, 4.69) is 15.6 Å². The van der Waals surface area contributed by atoms with Gasteiger partial charge in [0.15, 0.2) is 5.96 Å². The number of hydrogen-bond acceptors (Lipinski definition) is 3. The van der Waals surface area contributed by atoms with Crippen LogP contribution in [0.2, 0.25) is 0 Å². The van der Waals surface area contributed by atoms with E-state index >= 15 is 0 Å². The lowest BCUT2D eigenvalue weighted by molar-refractivity contribution is 0.0827. The third-order valence-corrected chi connectivity index (χ3v) is 5.17. The predicted molar refractivity (Wildman–Crippen MR) is 119 cm³/mol.